The Kier molecular flexibility index (Phi) is 5.53. The summed E-state index contributed by atoms with van der Waals surface area (Å²) in [5.41, 5.74) is 4.91. The van der Waals surface area contributed by atoms with Crippen LogP contribution in [0.2, 0.25) is 0 Å². The number of anilines is 1. The van der Waals surface area contributed by atoms with E-state index in [9.17, 15) is 10.1 Å². The van der Waals surface area contributed by atoms with Gasteiger partial charge in [0.1, 0.15) is 17.7 Å². The molecule has 4 heterocycles. The van der Waals surface area contributed by atoms with Crippen molar-refractivity contribution in [1.29, 1.82) is 5.26 Å². The van der Waals surface area contributed by atoms with Crippen molar-refractivity contribution in [1.82, 2.24) is 25.2 Å². The highest BCUT2D eigenvalue weighted by atomic mass is 16.5. The molecule has 2 N–H and O–H groups in total. The maximum atomic E-state index is 11.7. The normalized spacial score (nSPS) is 21.1. The molecule has 0 bridgehead atoms. The first-order chi connectivity index (χ1) is 17.1. The largest absolute Gasteiger partial charge is 0.473 e. The van der Waals surface area contributed by atoms with Gasteiger partial charge in [0.05, 0.1) is 28.8 Å². The molecule has 1 aliphatic carbocycles. The van der Waals surface area contributed by atoms with Gasteiger partial charge in [-0.2, -0.15) is 5.26 Å². The lowest BCUT2D eigenvalue weighted by molar-refractivity contribution is -0.119. The van der Waals surface area contributed by atoms with Crippen LogP contribution in [-0.2, 0) is 4.79 Å². The number of ether oxygens (including phenoxy) is 1. The Morgan fingerprint density at radius 3 is 2.77 bits per heavy atom. The molecular formula is C26H29N7O2. The van der Waals surface area contributed by atoms with Crippen molar-refractivity contribution < 1.29 is 9.53 Å². The van der Waals surface area contributed by atoms with Gasteiger partial charge in [-0.1, -0.05) is 6.07 Å². The molecule has 3 aromatic rings. The Bertz CT molecular complexity index is 1320. The van der Waals surface area contributed by atoms with Gasteiger partial charge in [0.15, 0.2) is 0 Å². The van der Waals surface area contributed by atoms with Gasteiger partial charge >= 0.3 is 0 Å². The molecule has 2 aliphatic heterocycles. The number of piperazine rings is 1. The number of nitriles is 1. The zero-order valence-electron chi connectivity index (χ0n) is 19.8. The van der Waals surface area contributed by atoms with E-state index in [1.54, 1.807) is 0 Å². The molecular weight excluding hydrogens is 442 g/mol. The number of pyridine rings is 1. The molecule has 180 valence electrons. The highest BCUT2D eigenvalue weighted by molar-refractivity contribution is 5.85. The van der Waals surface area contributed by atoms with Crippen LogP contribution in [0, 0.1) is 17.2 Å². The van der Waals surface area contributed by atoms with Crippen molar-refractivity contribution in [2.24, 2.45) is 5.92 Å². The van der Waals surface area contributed by atoms with Crippen LogP contribution in [-0.4, -0.2) is 59.3 Å². The van der Waals surface area contributed by atoms with Gasteiger partial charge in [0, 0.05) is 56.7 Å². The zero-order valence-corrected chi connectivity index (χ0v) is 19.8. The molecule has 1 saturated carbocycles. The van der Waals surface area contributed by atoms with E-state index in [0.717, 1.165) is 67.0 Å². The minimum Gasteiger partial charge on any atom is -0.473 e. The van der Waals surface area contributed by atoms with Crippen molar-refractivity contribution >= 4 is 22.6 Å². The predicted molar refractivity (Wildman–Crippen MR) is 132 cm³/mol. The summed E-state index contributed by atoms with van der Waals surface area (Å²) in [5, 5.41) is 16.1. The van der Waals surface area contributed by atoms with Gasteiger partial charge in [-0.3, -0.25) is 4.79 Å². The minimum atomic E-state index is -0.174. The van der Waals surface area contributed by atoms with Crippen LogP contribution in [0.5, 0.6) is 5.88 Å². The average molecular weight is 472 g/mol. The Hall–Kier alpha value is -3.64. The van der Waals surface area contributed by atoms with Crippen molar-refractivity contribution in [2.75, 3.05) is 37.6 Å². The topological polar surface area (TPSA) is 108 Å². The number of benzene rings is 1. The van der Waals surface area contributed by atoms with E-state index in [1.807, 2.05) is 37.5 Å². The molecule has 3 fully saturated rings. The van der Waals surface area contributed by atoms with E-state index >= 15 is 0 Å². The first-order valence-electron chi connectivity index (χ1n) is 12.4. The molecule has 9 heteroatoms. The van der Waals surface area contributed by atoms with Crippen molar-refractivity contribution in [3.63, 3.8) is 0 Å². The summed E-state index contributed by atoms with van der Waals surface area (Å²) < 4.78 is 8.60. The number of nitrogens with zero attached hydrogens (tertiary/aromatic N) is 5. The second-order valence-corrected chi connectivity index (χ2v) is 9.74. The van der Waals surface area contributed by atoms with Gasteiger partial charge < -0.3 is 24.8 Å². The second kappa shape index (κ2) is 8.86. The first kappa shape index (κ1) is 21.9. The number of amides is 1. The fraction of sp³-hybridized carbons (Fsp3) is 0.462. The average Bonchev–Trinajstić information content (AvgIpc) is 3.49. The fourth-order valence-electron chi connectivity index (χ4n) is 5.08. The van der Waals surface area contributed by atoms with Crippen LogP contribution in [0.4, 0.5) is 5.69 Å². The summed E-state index contributed by atoms with van der Waals surface area (Å²) in [7, 11) is 0. The minimum absolute atomic E-state index is 0.0638. The number of aromatic nitrogens is 3. The summed E-state index contributed by atoms with van der Waals surface area (Å²) in [4.78, 5) is 23.6. The Labute approximate surface area is 204 Å². The number of imidazole rings is 1. The third-order valence-electron chi connectivity index (χ3n) is 7.30. The van der Waals surface area contributed by atoms with Gasteiger partial charge in [-0.25, -0.2) is 9.97 Å². The molecule has 1 amide bonds. The third-order valence-corrected chi connectivity index (χ3v) is 7.30. The van der Waals surface area contributed by atoms with E-state index in [4.69, 9.17) is 9.72 Å². The molecule has 0 spiro atoms. The van der Waals surface area contributed by atoms with Crippen molar-refractivity contribution in [3.8, 4) is 23.2 Å². The van der Waals surface area contributed by atoms with Crippen LogP contribution in [0.15, 0.2) is 30.6 Å². The van der Waals surface area contributed by atoms with E-state index in [1.165, 1.54) is 0 Å². The third kappa shape index (κ3) is 4.19. The smallest absolute Gasteiger partial charge is 0.241 e. The molecule has 0 unspecified atom stereocenters. The number of fused-ring (bicyclic) bond motifs is 1. The number of nitrogens with one attached hydrogen (secondary N) is 2. The van der Waals surface area contributed by atoms with E-state index in [0.29, 0.717) is 30.5 Å². The molecule has 2 aromatic heterocycles. The molecule has 35 heavy (non-hydrogen) atoms. The Balaban J connectivity index is 1.38. The summed E-state index contributed by atoms with van der Waals surface area (Å²) in [6.07, 6.45) is 4.42. The maximum absolute atomic E-state index is 11.7. The maximum Gasteiger partial charge on any atom is 0.241 e. The van der Waals surface area contributed by atoms with Gasteiger partial charge in [-0.15, -0.1) is 0 Å². The standard InChI is InChI=1S/C26H29N7O2/c1-16(19-11-24(34)29-14-19)35-26-25-22(30-15-33(25)20-3-4-20)12-21(31-26)17-2-5-23(18(10-17)13-27)32-8-6-28-7-9-32/h2,5,10,12,15-16,19-20,28H,3-4,6-9,11,14H2,1H3,(H,29,34)/t16-,19-/m1/s1. The highest BCUT2D eigenvalue weighted by Gasteiger charge is 2.31. The van der Waals surface area contributed by atoms with Crippen LogP contribution < -0.4 is 20.3 Å². The lowest BCUT2D eigenvalue weighted by Gasteiger charge is -2.30. The van der Waals surface area contributed by atoms with E-state index in [-0.39, 0.29) is 17.9 Å². The first-order valence-corrected chi connectivity index (χ1v) is 12.4. The van der Waals surface area contributed by atoms with Gasteiger partial charge in [0.25, 0.3) is 0 Å². The molecule has 2 atom stereocenters. The van der Waals surface area contributed by atoms with Crippen LogP contribution >= 0.6 is 0 Å². The van der Waals surface area contributed by atoms with Gasteiger partial charge in [0.2, 0.25) is 11.8 Å². The SMILES string of the molecule is C[C@@H](Oc1nc(-c2ccc(N3CCNCC3)c(C#N)c2)cc2ncn(C3CC3)c12)[C@H]1CNC(=O)C1. The molecule has 0 radical (unpaired) electrons. The van der Waals surface area contributed by atoms with Crippen molar-refractivity contribution in [2.45, 2.75) is 38.3 Å². The molecule has 6 rings (SSSR count). The lowest BCUT2D eigenvalue weighted by Crippen LogP contribution is -2.43. The lowest BCUT2D eigenvalue weighted by atomic mass is 10.0. The molecule has 3 aliphatic rings. The van der Waals surface area contributed by atoms with Crippen molar-refractivity contribution in [3.05, 3.63) is 36.2 Å². The van der Waals surface area contributed by atoms with Gasteiger partial charge in [-0.05, 0) is 38.0 Å². The van der Waals surface area contributed by atoms with Crippen LogP contribution in [0.3, 0.4) is 0 Å². The van der Waals surface area contributed by atoms with E-state index < -0.39 is 0 Å². The Morgan fingerprint density at radius 2 is 2.06 bits per heavy atom. The quantitative estimate of drug-likeness (QED) is 0.569. The van der Waals surface area contributed by atoms with E-state index in [2.05, 4.69) is 31.2 Å². The summed E-state index contributed by atoms with van der Waals surface area (Å²) >= 11 is 0. The van der Waals surface area contributed by atoms with Crippen LogP contribution in [0.1, 0.15) is 37.8 Å². The molecule has 9 nitrogen and oxygen atoms in total. The highest BCUT2D eigenvalue weighted by Crippen LogP contribution is 2.40. The Morgan fingerprint density at radius 1 is 1.23 bits per heavy atom. The second-order valence-electron chi connectivity index (χ2n) is 9.74. The summed E-state index contributed by atoms with van der Waals surface area (Å²) in [6.45, 7) is 6.20. The number of rotatable bonds is 6. The predicted octanol–water partition coefficient (Wildman–Crippen LogP) is 2.62. The fourth-order valence-corrected chi connectivity index (χ4v) is 5.08. The monoisotopic (exact) mass is 471 g/mol. The number of carbonyl (C=O) groups is 1. The van der Waals surface area contributed by atoms with Crippen LogP contribution in [0.25, 0.3) is 22.3 Å². The number of hydrogen-bond acceptors (Lipinski definition) is 7. The summed E-state index contributed by atoms with van der Waals surface area (Å²) in [6, 6.07) is 10.7. The molecule has 1 aromatic carbocycles. The zero-order chi connectivity index (χ0) is 23.9. The number of carbonyl (C=O) groups excluding carboxylic acids is 1. The molecule has 2 saturated heterocycles. The number of hydrogen-bond donors (Lipinski definition) is 2. The summed E-state index contributed by atoms with van der Waals surface area (Å²) in [5.74, 6) is 0.705.